The molecular weight excluding hydrogens is 240 g/mol. The fraction of sp³-hybridized carbons (Fsp3) is 0.286. The van der Waals surface area contributed by atoms with Crippen LogP contribution in [-0.4, -0.2) is 27.2 Å². The summed E-state index contributed by atoms with van der Waals surface area (Å²) in [6, 6.07) is 12.1. The zero-order valence-electron chi connectivity index (χ0n) is 10.5. The van der Waals surface area contributed by atoms with E-state index in [0.29, 0.717) is 18.4 Å². The Bertz CT molecular complexity index is 534. The number of urea groups is 1. The number of anilines is 1. The first-order valence-electron chi connectivity index (χ1n) is 6.44. The van der Waals surface area contributed by atoms with Crippen LogP contribution in [0.2, 0.25) is 0 Å². The van der Waals surface area contributed by atoms with Crippen molar-refractivity contribution in [2.75, 3.05) is 5.32 Å². The van der Waals surface area contributed by atoms with Crippen molar-refractivity contribution in [1.82, 2.24) is 15.1 Å². The quantitative estimate of drug-likeness (QED) is 0.883. The van der Waals surface area contributed by atoms with Crippen LogP contribution in [0.15, 0.2) is 42.6 Å². The first-order chi connectivity index (χ1) is 9.33. The van der Waals surface area contributed by atoms with Gasteiger partial charge in [-0.3, -0.25) is 10.4 Å². The minimum absolute atomic E-state index is 0.0735. The zero-order valence-corrected chi connectivity index (χ0v) is 10.5. The molecule has 1 fully saturated rings. The van der Waals surface area contributed by atoms with Gasteiger partial charge in [0.1, 0.15) is 5.82 Å². The normalized spacial score (nSPS) is 14.1. The molecule has 1 aromatic heterocycles. The summed E-state index contributed by atoms with van der Waals surface area (Å²) in [4.78, 5) is 14.1. The highest BCUT2D eigenvalue weighted by Crippen LogP contribution is 2.28. The van der Waals surface area contributed by atoms with E-state index in [9.17, 15) is 4.79 Å². The number of carbonyl (C=O) groups is 1. The fourth-order valence-corrected chi connectivity index (χ4v) is 2.05. The van der Waals surface area contributed by atoms with Crippen molar-refractivity contribution in [2.45, 2.75) is 25.4 Å². The van der Waals surface area contributed by atoms with Crippen molar-refractivity contribution in [2.24, 2.45) is 0 Å². The van der Waals surface area contributed by atoms with E-state index in [4.69, 9.17) is 0 Å². The summed E-state index contributed by atoms with van der Waals surface area (Å²) in [5.41, 5.74) is 1.15. The molecule has 0 spiro atoms. The van der Waals surface area contributed by atoms with Gasteiger partial charge in [-0.15, -0.1) is 0 Å². The molecule has 3 rings (SSSR count). The van der Waals surface area contributed by atoms with Crippen molar-refractivity contribution in [3.8, 4) is 0 Å². The van der Waals surface area contributed by atoms with E-state index in [2.05, 4.69) is 15.5 Å². The van der Waals surface area contributed by atoms with Gasteiger partial charge in [0, 0.05) is 18.7 Å². The maximum Gasteiger partial charge on any atom is 0.323 e. The molecule has 1 heterocycles. The largest absolute Gasteiger partial charge is 0.323 e. The second-order valence-corrected chi connectivity index (χ2v) is 4.75. The van der Waals surface area contributed by atoms with E-state index < -0.39 is 0 Å². The number of aromatic nitrogens is 2. The minimum atomic E-state index is -0.0735. The Morgan fingerprint density at radius 3 is 2.74 bits per heavy atom. The van der Waals surface area contributed by atoms with Crippen molar-refractivity contribution < 1.29 is 4.79 Å². The summed E-state index contributed by atoms with van der Waals surface area (Å²) >= 11 is 0. The molecule has 5 nitrogen and oxygen atoms in total. The molecule has 1 saturated carbocycles. The lowest BCUT2D eigenvalue weighted by molar-refractivity contribution is 0.206. The van der Waals surface area contributed by atoms with Crippen LogP contribution >= 0.6 is 0 Å². The second kappa shape index (κ2) is 5.14. The van der Waals surface area contributed by atoms with E-state index in [1.165, 1.54) is 0 Å². The number of hydrogen-bond acceptors (Lipinski definition) is 2. The Morgan fingerprint density at radius 1 is 1.32 bits per heavy atom. The molecule has 2 aromatic rings. The van der Waals surface area contributed by atoms with Crippen LogP contribution in [0.1, 0.15) is 18.4 Å². The molecule has 19 heavy (non-hydrogen) atoms. The molecule has 0 radical (unpaired) electrons. The van der Waals surface area contributed by atoms with E-state index in [1.807, 2.05) is 35.2 Å². The van der Waals surface area contributed by atoms with Gasteiger partial charge < -0.3 is 4.90 Å². The van der Waals surface area contributed by atoms with E-state index >= 15 is 0 Å². The molecule has 1 aliphatic rings. The molecule has 1 aliphatic carbocycles. The van der Waals surface area contributed by atoms with Crippen LogP contribution in [0.25, 0.3) is 0 Å². The molecule has 5 heteroatoms. The molecule has 0 aliphatic heterocycles. The van der Waals surface area contributed by atoms with Crippen LogP contribution in [0.5, 0.6) is 0 Å². The average molecular weight is 256 g/mol. The molecule has 0 saturated heterocycles. The molecule has 2 N–H and O–H groups in total. The number of rotatable bonds is 4. The Kier molecular flexibility index (Phi) is 3.18. The van der Waals surface area contributed by atoms with Gasteiger partial charge in [0.2, 0.25) is 0 Å². The number of nitrogens with one attached hydrogen (secondary N) is 2. The number of benzene rings is 1. The van der Waals surface area contributed by atoms with Crippen molar-refractivity contribution in [1.29, 1.82) is 0 Å². The third kappa shape index (κ3) is 2.93. The number of H-pyrrole nitrogens is 1. The third-order valence-electron chi connectivity index (χ3n) is 3.19. The first kappa shape index (κ1) is 11.8. The third-order valence-corrected chi connectivity index (χ3v) is 3.19. The van der Waals surface area contributed by atoms with Crippen LogP contribution in [-0.2, 0) is 6.54 Å². The number of amides is 2. The molecular formula is C14H16N4O. The van der Waals surface area contributed by atoms with Gasteiger partial charge in [-0.2, -0.15) is 5.10 Å². The summed E-state index contributed by atoms with van der Waals surface area (Å²) in [7, 11) is 0. The summed E-state index contributed by atoms with van der Waals surface area (Å²) in [5, 5.41) is 9.39. The minimum Gasteiger partial charge on any atom is -0.317 e. The van der Waals surface area contributed by atoms with Gasteiger partial charge in [-0.25, -0.2) is 4.79 Å². The van der Waals surface area contributed by atoms with Gasteiger partial charge in [0.25, 0.3) is 0 Å². The smallest absolute Gasteiger partial charge is 0.317 e. The first-order valence-corrected chi connectivity index (χ1v) is 6.44. The van der Waals surface area contributed by atoms with Gasteiger partial charge in [0.05, 0.1) is 6.20 Å². The van der Waals surface area contributed by atoms with Crippen LogP contribution in [0, 0.1) is 0 Å². The van der Waals surface area contributed by atoms with E-state index in [0.717, 1.165) is 18.4 Å². The maximum atomic E-state index is 12.3. The lowest BCUT2D eigenvalue weighted by Gasteiger charge is -2.22. The van der Waals surface area contributed by atoms with Crippen LogP contribution in [0.3, 0.4) is 0 Å². The van der Waals surface area contributed by atoms with Gasteiger partial charge in [0.15, 0.2) is 0 Å². The van der Waals surface area contributed by atoms with Gasteiger partial charge >= 0.3 is 6.03 Å². The lowest BCUT2D eigenvalue weighted by atomic mass is 10.2. The van der Waals surface area contributed by atoms with E-state index in [1.54, 1.807) is 12.3 Å². The Labute approximate surface area is 111 Å². The molecule has 2 amide bonds. The van der Waals surface area contributed by atoms with Crippen molar-refractivity contribution >= 4 is 11.8 Å². The zero-order chi connectivity index (χ0) is 13.1. The standard InChI is InChI=1S/C14H16N4O/c19-14(16-13-8-9-15-17-13)18(12-6-7-12)10-11-4-2-1-3-5-11/h1-5,8-9,12H,6-7,10H2,(H2,15,16,17,19). The second-order valence-electron chi connectivity index (χ2n) is 4.75. The molecule has 0 unspecified atom stereocenters. The predicted octanol–water partition coefficient (Wildman–Crippen LogP) is 2.61. The molecule has 0 atom stereocenters. The summed E-state index contributed by atoms with van der Waals surface area (Å²) in [6.07, 6.45) is 3.79. The highest BCUT2D eigenvalue weighted by atomic mass is 16.2. The van der Waals surface area contributed by atoms with Gasteiger partial charge in [-0.1, -0.05) is 30.3 Å². The number of hydrogen-bond donors (Lipinski definition) is 2. The van der Waals surface area contributed by atoms with Crippen LogP contribution in [0.4, 0.5) is 10.6 Å². The summed E-state index contributed by atoms with van der Waals surface area (Å²) in [6.45, 7) is 0.644. The Balaban J connectivity index is 1.69. The topological polar surface area (TPSA) is 61.0 Å². The number of aromatic amines is 1. The lowest BCUT2D eigenvalue weighted by Crippen LogP contribution is -2.36. The SMILES string of the molecule is O=C(Nc1ccn[nH]1)N(Cc1ccccc1)C1CC1. The summed E-state index contributed by atoms with van der Waals surface area (Å²) < 4.78 is 0. The molecule has 98 valence electrons. The highest BCUT2D eigenvalue weighted by Gasteiger charge is 2.32. The van der Waals surface area contributed by atoms with Gasteiger partial charge in [-0.05, 0) is 18.4 Å². The number of nitrogens with zero attached hydrogens (tertiary/aromatic N) is 2. The van der Waals surface area contributed by atoms with Crippen molar-refractivity contribution in [3.05, 3.63) is 48.2 Å². The van der Waals surface area contributed by atoms with Crippen LogP contribution < -0.4 is 5.32 Å². The summed E-state index contributed by atoms with van der Waals surface area (Å²) in [5.74, 6) is 0.628. The Hall–Kier alpha value is -2.30. The van der Waals surface area contributed by atoms with E-state index in [-0.39, 0.29) is 6.03 Å². The maximum absolute atomic E-state index is 12.3. The Morgan fingerprint density at radius 2 is 2.11 bits per heavy atom. The monoisotopic (exact) mass is 256 g/mol. The molecule has 0 bridgehead atoms. The number of carbonyl (C=O) groups excluding carboxylic acids is 1. The highest BCUT2D eigenvalue weighted by molar-refractivity contribution is 5.88. The molecule has 1 aromatic carbocycles. The van der Waals surface area contributed by atoms with Crippen molar-refractivity contribution in [3.63, 3.8) is 0 Å². The predicted molar refractivity (Wildman–Crippen MR) is 72.6 cm³/mol. The average Bonchev–Trinajstić information content (AvgIpc) is 3.15. The fourth-order valence-electron chi connectivity index (χ4n) is 2.05.